The third-order valence-electron chi connectivity index (χ3n) is 5.66. The average Bonchev–Trinajstić information content (AvgIpc) is 3.06. The van der Waals surface area contributed by atoms with Gasteiger partial charge in [0.2, 0.25) is 0 Å². The van der Waals surface area contributed by atoms with Crippen LogP contribution in [0.25, 0.3) is 0 Å². The van der Waals surface area contributed by atoms with E-state index in [1.807, 2.05) is 62.4 Å². The van der Waals surface area contributed by atoms with Crippen LogP contribution in [0.4, 0.5) is 5.69 Å². The van der Waals surface area contributed by atoms with Gasteiger partial charge in [-0.05, 0) is 67.8 Å². The summed E-state index contributed by atoms with van der Waals surface area (Å²) >= 11 is 0. The van der Waals surface area contributed by atoms with E-state index in [1.165, 1.54) is 23.1 Å². The van der Waals surface area contributed by atoms with Gasteiger partial charge in [0.05, 0.1) is 22.7 Å². The predicted molar refractivity (Wildman–Crippen MR) is 127 cm³/mol. The molecule has 1 heterocycles. The number of nitrogens with zero attached hydrogens (tertiary/aromatic N) is 1. The zero-order valence-electron chi connectivity index (χ0n) is 19.1. The van der Waals surface area contributed by atoms with Gasteiger partial charge < -0.3 is 10.1 Å². The van der Waals surface area contributed by atoms with E-state index in [2.05, 4.69) is 5.32 Å². The predicted octanol–water partition coefficient (Wildman–Crippen LogP) is 4.46. The molecule has 4 rings (SSSR count). The van der Waals surface area contributed by atoms with Crippen molar-refractivity contribution in [1.82, 2.24) is 4.90 Å². The molecule has 0 fully saturated rings. The summed E-state index contributed by atoms with van der Waals surface area (Å²) in [5.74, 6) is -2.12. The maximum atomic E-state index is 13.0. The summed E-state index contributed by atoms with van der Waals surface area (Å²) in [5, 5.41) is 2.70. The number of esters is 1. The van der Waals surface area contributed by atoms with Crippen molar-refractivity contribution in [3.63, 3.8) is 0 Å². The molecule has 172 valence electrons. The van der Waals surface area contributed by atoms with Gasteiger partial charge in [-0.3, -0.25) is 19.3 Å². The highest BCUT2D eigenvalue weighted by Crippen LogP contribution is 2.31. The van der Waals surface area contributed by atoms with E-state index >= 15 is 0 Å². The Morgan fingerprint density at radius 3 is 2.21 bits per heavy atom. The number of anilines is 1. The van der Waals surface area contributed by atoms with E-state index in [1.54, 1.807) is 6.92 Å². The van der Waals surface area contributed by atoms with Crippen LogP contribution in [0, 0.1) is 13.8 Å². The average molecular weight is 456 g/mol. The second-order valence-electron chi connectivity index (χ2n) is 8.33. The van der Waals surface area contributed by atoms with Crippen LogP contribution in [-0.4, -0.2) is 35.2 Å². The molecule has 0 aliphatic carbocycles. The summed E-state index contributed by atoms with van der Waals surface area (Å²) in [6.07, 6.45) is 0. The highest BCUT2D eigenvalue weighted by molar-refractivity contribution is 6.22. The maximum absolute atomic E-state index is 13.0. The molecule has 0 radical (unpaired) electrons. The van der Waals surface area contributed by atoms with Crippen LogP contribution in [-0.2, 0) is 9.53 Å². The smallest absolute Gasteiger partial charge is 0.338 e. The van der Waals surface area contributed by atoms with Gasteiger partial charge in [-0.15, -0.1) is 0 Å². The van der Waals surface area contributed by atoms with Crippen LogP contribution in [0.5, 0.6) is 0 Å². The summed E-state index contributed by atoms with van der Waals surface area (Å²) in [6, 6.07) is 18.6. The standard InChI is InChI=1S/C27H24N2O5/c1-16-11-17(2)13-21(12-16)28-24(30)15-34-27(33)20-9-10-22-23(14-20)26(32)29(25(22)31)18(3)19-7-5-4-6-8-19/h4-14,18H,15H2,1-3H3,(H,28,30)/t18-/m0/s1. The van der Waals surface area contributed by atoms with E-state index in [9.17, 15) is 19.2 Å². The number of hydrogen-bond acceptors (Lipinski definition) is 5. The summed E-state index contributed by atoms with van der Waals surface area (Å²) in [4.78, 5) is 51.8. The summed E-state index contributed by atoms with van der Waals surface area (Å²) in [6.45, 7) is 5.14. The van der Waals surface area contributed by atoms with Gasteiger partial charge in [0.15, 0.2) is 6.61 Å². The lowest BCUT2D eigenvalue weighted by molar-refractivity contribution is -0.119. The lowest BCUT2D eigenvalue weighted by Gasteiger charge is -2.22. The molecule has 0 bridgehead atoms. The number of benzene rings is 3. The van der Waals surface area contributed by atoms with Crippen molar-refractivity contribution in [2.24, 2.45) is 0 Å². The topological polar surface area (TPSA) is 92.8 Å². The molecule has 3 amide bonds. The Morgan fingerprint density at radius 1 is 0.882 bits per heavy atom. The Labute approximate surface area is 197 Å². The number of nitrogens with one attached hydrogen (secondary N) is 1. The molecule has 0 saturated heterocycles. The molecule has 0 aromatic heterocycles. The van der Waals surface area contributed by atoms with Crippen LogP contribution >= 0.6 is 0 Å². The molecular weight excluding hydrogens is 432 g/mol. The van der Waals surface area contributed by atoms with E-state index in [0.29, 0.717) is 5.69 Å². The fourth-order valence-electron chi connectivity index (χ4n) is 4.08. The van der Waals surface area contributed by atoms with Gasteiger partial charge in [0.1, 0.15) is 0 Å². The Morgan fingerprint density at radius 2 is 1.53 bits per heavy atom. The van der Waals surface area contributed by atoms with E-state index in [4.69, 9.17) is 4.74 Å². The zero-order chi connectivity index (χ0) is 24.4. The van der Waals surface area contributed by atoms with E-state index in [0.717, 1.165) is 16.7 Å². The normalized spacial score (nSPS) is 13.4. The minimum Gasteiger partial charge on any atom is -0.452 e. The number of carbonyl (C=O) groups excluding carboxylic acids is 4. The van der Waals surface area contributed by atoms with Gasteiger partial charge in [-0.2, -0.15) is 0 Å². The number of rotatable bonds is 6. The van der Waals surface area contributed by atoms with Gasteiger partial charge in [0, 0.05) is 5.69 Å². The minimum atomic E-state index is -0.756. The van der Waals surface area contributed by atoms with Crippen LogP contribution in [0.15, 0.2) is 66.7 Å². The number of imide groups is 1. The van der Waals surface area contributed by atoms with Crippen molar-refractivity contribution < 1.29 is 23.9 Å². The molecular formula is C27H24N2O5. The lowest BCUT2D eigenvalue weighted by atomic mass is 10.1. The molecule has 3 aromatic carbocycles. The highest BCUT2D eigenvalue weighted by atomic mass is 16.5. The van der Waals surface area contributed by atoms with Crippen LogP contribution in [0.2, 0.25) is 0 Å². The molecule has 1 aliphatic heterocycles. The van der Waals surface area contributed by atoms with Gasteiger partial charge >= 0.3 is 5.97 Å². The number of carbonyl (C=O) groups is 4. The fraction of sp³-hybridized carbons (Fsp3) is 0.185. The number of ether oxygens (including phenoxy) is 1. The van der Waals surface area contributed by atoms with Crippen molar-refractivity contribution in [2.75, 3.05) is 11.9 Å². The molecule has 0 spiro atoms. The first-order valence-electron chi connectivity index (χ1n) is 10.9. The lowest BCUT2D eigenvalue weighted by Crippen LogP contribution is -2.32. The Kier molecular flexibility index (Phi) is 6.27. The van der Waals surface area contributed by atoms with Gasteiger partial charge in [0.25, 0.3) is 17.7 Å². The Hall–Kier alpha value is -4.26. The second-order valence-corrected chi connectivity index (χ2v) is 8.33. The number of fused-ring (bicyclic) bond motifs is 1. The third-order valence-corrected chi connectivity index (χ3v) is 5.66. The van der Waals surface area contributed by atoms with Crippen molar-refractivity contribution in [2.45, 2.75) is 26.8 Å². The second kappa shape index (κ2) is 9.31. The molecule has 3 aromatic rings. The molecule has 1 N–H and O–H groups in total. The summed E-state index contributed by atoms with van der Waals surface area (Å²) < 4.78 is 5.13. The molecule has 7 heteroatoms. The quantitative estimate of drug-likeness (QED) is 0.437. The SMILES string of the molecule is Cc1cc(C)cc(NC(=O)COC(=O)c2ccc3c(c2)C(=O)N([C@@H](C)c2ccccc2)C3=O)c1. The number of amides is 3. The third kappa shape index (κ3) is 4.59. The minimum absolute atomic E-state index is 0.0910. The first-order chi connectivity index (χ1) is 16.2. The van der Waals surface area contributed by atoms with Gasteiger partial charge in [-0.1, -0.05) is 36.4 Å². The van der Waals surface area contributed by atoms with Crippen LogP contribution < -0.4 is 5.32 Å². The molecule has 1 atom stereocenters. The van der Waals surface area contributed by atoms with Crippen LogP contribution in [0.1, 0.15) is 60.7 Å². The van der Waals surface area contributed by atoms with Crippen molar-refractivity contribution in [3.8, 4) is 0 Å². The van der Waals surface area contributed by atoms with Crippen molar-refractivity contribution in [3.05, 3.63) is 100 Å². The first kappa shape index (κ1) is 22.9. The van der Waals surface area contributed by atoms with Gasteiger partial charge in [-0.25, -0.2) is 4.79 Å². The molecule has 7 nitrogen and oxygen atoms in total. The van der Waals surface area contributed by atoms with Crippen LogP contribution in [0.3, 0.4) is 0 Å². The van der Waals surface area contributed by atoms with Crippen molar-refractivity contribution >= 4 is 29.4 Å². The zero-order valence-corrected chi connectivity index (χ0v) is 19.1. The number of hydrogen-bond donors (Lipinski definition) is 1. The Balaban J connectivity index is 1.44. The highest BCUT2D eigenvalue weighted by Gasteiger charge is 2.39. The first-order valence-corrected chi connectivity index (χ1v) is 10.9. The van der Waals surface area contributed by atoms with E-state index in [-0.39, 0.29) is 16.7 Å². The molecule has 1 aliphatic rings. The monoisotopic (exact) mass is 456 g/mol. The van der Waals surface area contributed by atoms with Crippen molar-refractivity contribution in [1.29, 1.82) is 0 Å². The largest absolute Gasteiger partial charge is 0.452 e. The maximum Gasteiger partial charge on any atom is 0.338 e. The summed E-state index contributed by atoms with van der Waals surface area (Å²) in [7, 11) is 0. The van der Waals surface area contributed by atoms with E-state index < -0.39 is 36.3 Å². The molecule has 0 unspecified atom stereocenters. The summed E-state index contributed by atoms with van der Waals surface area (Å²) in [5.41, 5.74) is 3.91. The fourth-order valence-corrected chi connectivity index (χ4v) is 4.08. The Bertz CT molecular complexity index is 1280. The molecule has 0 saturated carbocycles. The number of aryl methyl sites for hydroxylation is 2. The molecule has 34 heavy (non-hydrogen) atoms.